The Balaban J connectivity index is 0.000000455. The predicted octanol–water partition coefficient (Wildman–Crippen LogP) is 4.86. The van der Waals surface area contributed by atoms with Crippen LogP contribution in [0.5, 0.6) is 0 Å². The quantitative estimate of drug-likeness (QED) is 0.0897. The van der Waals surface area contributed by atoms with Crippen molar-refractivity contribution in [1.29, 1.82) is 0 Å². The first-order chi connectivity index (χ1) is 31.1. The van der Waals surface area contributed by atoms with Gasteiger partial charge in [0.1, 0.15) is 0 Å². The van der Waals surface area contributed by atoms with Crippen LogP contribution in [-0.4, -0.2) is 43.8 Å². The van der Waals surface area contributed by atoms with Crippen LogP contribution in [0.3, 0.4) is 0 Å². The minimum absolute atomic E-state index is 0. The SMILES string of the molecule is O=C([O-])c1ccccc1SSc1ccccc1C(=O)[O-].O=C([O-])c1ccccc1SSc1ccccc1C(=O)[O-].[Ni+2].[Ni+2].[OH3+].[OH3+].c1ccc(-c2ccccn2)nc1.c1ccc(-c2ccccn2)nc1. The van der Waals surface area contributed by atoms with Gasteiger partial charge in [0.25, 0.3) is 0 Å². The molecule has 352 valence electrons. The van der Waals surface area contributed by atoms with E-state index >= 15 is 0 Å². The molecule has 0 fully saturated rings. The summed E-state index contributed by atoms with van der Waals surface area (Å²) in [5.41, 5.74) is 3.98. The Bertz CT molecular complexity index is 2400. The van der Waals surface area contributed by atoms with E-state index in [0.717, 1.165) is 66.0 Å². The topological polar surface area (TPSA) is 278 Å². The maximum Gasteiger partial charge on any atom is 2.00 e. The van der Waals surface area contributed by atoms with Crippen LogP contribution in [-0.2, 0) is 43.9 Å². The van der Waals surface area contributed by atoms with Crippen LogP contribution in [0.25, 0.3) is 22.8 Å². The molecule has 0 aliphatic carbocycles. The zero-order valence-electron chi connectivity index (χ0n) is 35.0. The fourth-order valence-electron chi connectivity index (χ4n) is 5.07. The van der Waals surface area contributed by atoms with Crippen LogP contribution in [0.1, 0.15) is 41.4 Å². The van der Waals surface area contributed by atoms with E-state index < -0.39 is 23.9 Å². The minimum Gasteiger partial charge on any atom is -0.545 e. The number of aromatic nitrogens is 4. The van der Waals surface area contributed by atoms with E-state index in [-0.39, 0.29) is 66.2 Å². The van der Waals surface area contributed by atoms with Crippen molar-refractivity contribution in [1.82, 2.24) is 19.9 Å². The number of pyridine rings is 4. The van der Waals surface area contributed by atoms with Crippen LogP contribution in [0.2, 0.25) is 0 Å². The molecule has 0 bridgehead atoms. The second-order valence-electron chi connectivity index (χ2n) is 12.3. The summed E-state index contributed by atoms with van der Waals surface area (Å²) in [7, 11) is 4.66. The molecule has 0 saturated carbocycles. The predicted molar refractivity (Wildman–Crippen MR) is 251 cm³/mol. The van der Waals surface area contributed by atoms with Gasteiger partial charge in [0.15, 0.2) is 0 Å². The minimum atomic E-state index is -1.26. The summed E-state index contributed by atoms with van der Waals surface area (Å²) < 4.78 is 0. The molecule has 0 amide bonds. The molecule has 8 aromatic rings. The maximum absolute atomic E-state index is 11.0. The third kappa shape index (κ3) is 19.1. The van der Waals surface area contributed by atoms with E-state index in [2.05, 4.69) is 19.9 Å². The average Bonchev–Trinajstić information content (AvgIpc) is 3.34. The Kier molecular flexibility index (Phi) is 28.4. The largest absolute Gasteiger partial charge is 2.00 e. The third-order valence-electron chi connectivity index (χ3n) is 8.05. The first-order valence-corrected chi connectivity index (χ1v) is 23.0. The Hall–Kier alpha value is -6.33. The number of nitrogens with zero attached hydrogens (tertiary/aromatic N) is 4. The summed E-state index contributed by atoms with van der Waals surface area (Å²) in [5, 5.41) is 43.9. The van der Waals surface area contributed by atoms with Gasteiger partial charge >= 0.3 is 33.0 Å². The molecule has 14 nitrogen and oxygen atoms in total. The van der Waals surface area contributed by atoms with E-state index in [9.17, 15) is 39.6 Å². The maximum atomic E-state index is 11.0. The Morgan fingerprint density at radius 3 is 0.632 bits per heavy atom. The molecule has 6 N–H and O–H groups in total. The first-order valence-electron chi connectivity index (χ1n) is 18.7. The smallest absolute Gasteiger partial charge is 0.545 e. The summed E-state index contributed by atoms with van der Waals surface area (Å²) in [6, 6.07) is 48.8. The Labute approximate surface area is 426 Å². The number of hydrogen-bond acceptors (Lipinski definition) is 16. The van der Waals surface area contributed by atoms with Crippen molar-refractivity contribution in [3.05, 3.63) is 217 Å². The molecule has 20 heteroatoms. The standard InChI is InChI=1S/2C14H10O4S2.2C10H8N2.2Ni.2H2O/c2*15-13(16)9-5-1-3-7-11(9)19-20-12-8-4-2-6-10(12)14(17)18;2*1-3-7-11-9(5-1)10-6-2-4-8-12-10;;;;/h2*1-8H,(H,15,16)(H,17,18);2*1-8H;;;2*1H2/q;;;;2*+2;;/p-2. The Morgan fingerprint density at radius 1 is 0.294 bits per heavy atom. The van der Waals surface area contributed by atoms with Gasteiger partial charge < -0.3 is 50.6 Å². The number of carbonyl (C=O) groups excluding carboxylic acids is 4. The van der Waals surface area contributed by atoms with Crippen molar-refractivity contribution in [2.45, 2.75) is 19.6 Å². The molecular weight excluding hydrogens is 1040 g/mol. The number of carboxylic acids is 4. The monoisotopic (exact) mass is 1070 g/mol. The van der Waals surface area contributed by atoms with Crippen molar-refractivity contribution in [3.63, 3.8) is 0 Å². The summed E-state index contributed by atoms with van der Waals surface area (Å²) in [6.07, 6.45) is 7.07. The van der Waals surface area contributed by atoms with Gasteiger partial charge in [-0.1, -0.05) is 140 Å². The molecule has 68 heavy (non-hydrogen) atoms. The molecule has 8 rings (SSSR count). The van der Waals surface area contributed by atoms with Gasteiger partial charge in [0, 0.05) is 66.6 Å². The normalized spacial score (nSPS) is 9.41. The van der Waals surface area contributed by atoms with Gasteiger partial charge in [0.05, 0.1) is 46.7 Å². The molecule has 4 heterocycles. The fourth-order valence-corrected chi connectivity index (χ4v) is 9.75. The first kappa shape index (κ1) is 59.7. The number of rotatable bonds is 12. The molecule has 0 aliphatic heterocycles. The number of benzene rings is 4. The summed E-state index contributed by atoms with van der Waals surface area (Å²) in [5.74, 6) is -5.05. The van der Waals surface area contributed by atoms with E-state index in [1.165, 1.54) is 24.3 Å². The molecule has 0 spiro atoms. The van der Waals surface area contributed by atoms with Crippen molar-refractivity contribution >= 4 is 67.1 Å². The van der Waals surface area contributed by atoms with E-state index in [4.69, 9.17) is 0 Å². The van der Waals surface area contributed by atoms with Gasteiger partial charge in [-0.25, -0.2) is 0 Å². The van der Waals surface area contributed by atoms with Crippen molar-refractivity contribution in [3.8, 4) is 22.8 Å². The van der Waals surface area contributed by atoms with E-state index in [0.29, 0.717) is 19.6 Å². The zero-order chi connectivity index (χ0) is 45.5. The van der Waals surface area contributed by atoms with Crippen molar-refractivity contribution in [2.75, 3.05) is 0 Å². The fraction of sp³-hybridized carbons (Fsp3) is 0. The Morgan fingerprint density at radius 2 is 0.471 bits per heavy atom. The van der Waals surface area contributed by atoms with Crippen molar-refractivity contribution in [2.24, 2.45) is 0 Å². The second-order valence-corrected chi connectivity index (χ2v) is 16.8. The molecule has 0 unspecified atom stereocenters. The molecule has 4 aromatic carbocycles. The van der Waals surface area contributed by atoms with Gasteiger partial charge in [-0.2, -0.15) is 0 Å². The molecule has 0 saturated heterocycles. The molecule has 0 radical (unpaired) electrons. The van der Waals surface area contributed by atoms with Gasteiger partial charge in [-0.05, 0) is 72.8 Å². The second kappa shape index (κ2) is 32.4. The molecule has 0 aliphatic rings. The average molecular weight is 1080 g/mol. The summed E-state index contributed by atoms with van der Waals surface area (Å²) in [4.78, 5) is 62.6. The van der Waals surface area contributed by atoms with Gasteiger partial charge in [0.2, 0.25) is 0 Å². The molecular formula is C48H38N4Ni2O10S4+2. The van der Waals surface area contributed by atoms with Crippen LogP contribution >= 0.6 is 43.2 Å². The summed E-state index contributed by atoms with van der Waals surface area (Å²) in [6.45, 7) is 0. The number of aromatic carboxylic acids is 4. The molecule has 0 atom stereocenters. The number of hydrogen-bond donors (Lipinski definition) is 0. The van der Waals surface area contributed by atoms with E-state index in [1.54, 1.807) is 97.6 Å². The van der Waals surface area contributed by atoms with Crippen LogP contribution < -0.4 is 20.4 Å². The van der Waals surface area contributed by atoms with Crippen LogP contribution in [0, 0.1) is 0 Å². The number of carbonyl (C=O) groups is 4. The third-order valence-corrected chi connectivity index (χ3v) is 13.0. The van der Waals surface area contributed by atoms with Crippen LogP contribution in [0.4, 0.5) is 0 Å². The van der Waals surface area contributed by atoms with Gasteiger partial charge in [-0.15, -0.1) is 0 Å². The van der Waals surface area contributed by atoms with Crippen LogP contribution in [0.15, 0.2) is 214 Å². The zero-order valence-corrected chi connectivity index (χ0v) is 40.2. The number of carboxylic acid groups (broad SMARTS) is 4. The van der Waals surface area contributed by atoms with E-state index in [1.807, 2.05) is 72.8 Å². The van der Waals surface area contributed by atoms with Crippen molar-refractivity contribution < 1.29 is 83.5 Å². The van der Waals surface area contributed by atoms with Gasteiger partial charge in [-0.3, -0.25) is 19.9 Å². The summed E-state index contributed by atoms with van der Waals surface area (Å²) >= 11 is 0. The molecule has 4 aromatic heterocycles.